The zero-order valence-corrected chi connectivity index (χ0v) is 9.28. The average molecular weight is 216 g/mol. The highest BCUT2D eigenvalue weighted by atomic mass is 16.5. The number of rotatable bonds is 1. The molecule has 2 aliphatic rings. The molecule has 3 heteroatoms. The zero-order chi connectivity index (χ0) is 11.0. The zero-order valence-electron chi connectivity index (χ0n) is 9.28. The topological polar surface area (TPSA) is 36.3 Å². The van der Waals surface area contributed by atoms with Gasteiger partial charge in [-0.05, 0) is 18.4 Å². The van der Waals surface area contributed by atoms with Gasteiger partial charge in [-0.1, -0.05) is 24.3 Å². The Hall–Kier alpha value is -1.35. The van der Waals surface area contributed by atoms with Gasteiger partial charge in [0.15, 0.2) is 0 Å². The number of nitrogens with one attached hydrogen (secondary N) is 1. The molecule has 3 rings (SSSR count). The molecule has 2 heterocycles. The molecule has 1 fully saturated rings. The van der Waals surface area contributed by atoms with Crippen molar-refractivity contribution in [1.29, 1.82) is 5.41 Å². The van der Waals surface area contributed by atoms with Crippen molar-refractivity contribution < 1.29 is 4.74 Å². The lowest BCUT2D eigenvalue weighted by Crippen LogP contribution is -2.41. The number of hydrogen-bond acceptors (Lipinski definition) is 2. The molecule has 1 atom stereocenters. The molecule has 16 heavy (non-hydrogen) atoms. The summed E-state index contributed by atoms with van der Waals surface area (Å²) in [6.45, 7) is 2.53. The molecule has 2 aliphatic heterocycles. The summed E-state index contributed by atoms with van der Waals surface area (Å²) >= 11 is 0. The minimum absolute atomic E-state index is 0.397. The van der Waals surface area contributed by atoms with Gasteiger partial charge >= 0.3 is 0 Å². The quantitative estimate of drug-likeness (QED) is 0.779. The number of nitrogens with zero attached hydrogens (tertiary/aromatic N) is 1. The Morgan fingerprint density at radius 1 is 1.31 bits per heavy atom. The van der Waals surface area contributed by atoms with Crippen LogP contribution in [-0.4, -0.2) is 30.0 Å². The molecule has 0 aliphatic carbocycles. The second-order valence-corrected chi connectivity index (χ2v) is 4.50. The number of hydrogen-bond donors (Lipinski definition) is 1. The van der Waals surface area contributed by atoms with Crippen LogP contribution in [0.1, 0.15) is 24.0 Å². The molecule has 0 aromatic heterocycles. The third kappa shape index (κ3) is 1.52. The fraction of sp³-hybridized carbons (Fsp3) is 0.462. The molecule has 1 N–H and O–H groups in total. The molecular formula is C13H16N2O. The third-order valence-electron chi connectivity index (χ3n) is 3.48. The maximum Gasteiger partial charge on any atom is 0.129 e. The highest BCUT2D eigenvalue weighted by molar-refractivity contribution is 6.00. The smallest absolute Gasteiger partial charge is 0.129 e. The van der Waals surface area contributed by atoms with Gasteiger partial charge in [0.2, 0.25) is 0 Å². The van der Waals surface area contributed by atoms with Crippen molar-refractivity contribution >= 4 is 5.84 Å². The van der Waals surface area contributed by atoms with E-state index >= 15 is 0 Å². The van der Waals surface area contributed by atoms with Crippen molar-refractivity contribution in [2.24, 2.45) is 0 Å². The second-order valence-electron chi connectivity index (χ2n) is 4.50. The first-order valence-electron chi connectivity index (χ1n) is 5.87. The van der Waals surface area contributed by atoms with Gasteiger partial charge in [0.05, 0.1) is 12.6 Å². The van der Waals surface area contributed by atoms with Crippen LogP contribution in [-0.2, 0) is 11.3 Å². The number of ether oxygens (including phenoxy) is 1. The van der Waals surface area contributed by atoms with Gasteiger partial charge in [-0.3, -0.25) is 5.41 Å². The Bertz CT molecular complexity index is 410. The predicted octanol–water partition coefficient (Wildman–Crippen LogP) is 2.01. The number of amidine groups is 1. The minimum Gasteiger partial charge on any atom is -0.379 e. The molecule has 1 unspecified atom stereocenters. The molecule has 0 bridgehead atoms. The van der Waals surface area contributed by atoms with Gasteiger partial charge in [-0.25, -0.2) is 0 Å². The van der Waals surface area contributed by atoms with Gasteiger partial charge in [0.25, 0.3) is 0 Å². The first-order valence-corrected chi connectivity index (χ1v) is 5.87. The van der Waals surface area contributed by atoms with Gasteiger partial charge in [0.1, 0.15) is 5.84 Å². The lowest BCUT2D eigenvalue weighted by atomic mass is 10.1. The van der Waals surface area contributed by atoms with Crippen LogP contribution in [0.25, 0.3) is 0 Å². The van der Waals surface area contributed by atoms with E-state index in [1.807, 2.05) is 18.2 Å². The van der Waals surface area contributed by atoms with Gasteiger partial charge in [-0.15, -0.1) is 0 Å². The molecule has 0 radical (unpaired) electrons. The maximum atomic E-state index is 8.19. The SMILES string of the molecule is N=C1c2ccccc2CN1C1CCCOC1. The van der Waals surface area contributed by atoms with Crippen LogP contribution in [0, 0.1) is 5.41 Å². The largest absolute Gasteiger partial charge is 0.379 e. The highest BCUT2D eigenvalue weighted by Gasteiger charge is 2.30. The molecule has 3 nitrogen and oxygen atoms in total. The monoisotopic (exact) mass is 216 g/mol. The minimum atomic E-state index is 0.397. The van der Waals surface area contributed by atoms with Crippen molar-refractivity contribution in [3.05, 3.63) is 35.4 Å². The summed E-state index contributed by atoms with van der Waals surface area (Å²) in [6.07, 6.45) is 2.27. The van der Waals surface area contributed by atoms with E-state index in [0.717, 1.165) is 38.2 Å². The lowest BCUT2D eigenvalue weighted by Gasteiger charge is -2.32. The van der Waals surface area contributed by atoms with Crippen LogP contribution in [0.4, 0.5) is 0 Å². The Morgan fingerprint density at radius 3 is 2.94 bits per heavy atom. The van der Waals surface area contributed by atoms with E-state index in [1.165, 1.54) is 5.56 Å². The van der Waals surface area contributed by atoms with Gasteiger partial charge in [0, 0.05) is 18.7 Å². The summed E-state index contributed by atoms with van der Waals surface area (Å²) in [6, 6.07) is 8.62. The van der Waals surface area contributed by atoms with Crippen LogP contribution in [0.2, 0.25) is 0 Å². The van der Waals surface area contributed by atoms with Crippen molar-refractivity contribution in [3.8, 4) is 0 Å². The fourth-order valence-corrected chi connectivity index (χ4v) is 2.59. The third-order valence-corrected chi connectivity index (χ3v) is 3.48. The normalized spacial score (nSPS) is 24.6. The Balaban J connectivity index is 1.83. The van der Waals surface area contributed by atoms with Gasteiger partial charge < -0.3 is 9.64 Å². The summed E-state index contributed by atoms with van der Waals surface area (Å²) in [4.78, 5) is 2.18. The van der Waals surface area contributed by atoms with E-state index in [9.17, 15) is 0 Å². The molecule has 0 spiro atoms. The van der Waals surface area contributed by atoms with Crippen LogP contribution in [0.5, 0.6) is 0 Å². The van der Waals surface area contributed by atoms with E-state index in [1.54, 1.807) is 0 Å². The first-order chi connectivity index (χ1) is 7.86. The van der Waals surface area contributed by atoms with E-state index in [0.29, 0.717) is 11.9 Å². The fourth-order valence-electron chi connectivity index (χ4n) is 2.59. The van der Waals surface area contributed by atoms with Crippen molar-refractivity contribution in [2.75, 3.05) is 13.2 Å². The number of benzene rings is 1. The molecule has 1 aromatic carbocycles. The highest BCUT2D eigenvalue weighted by Crippen LogP contribution is 2.26. The summed E-state index contributed by atoms with van der Waals surface area (Å²) in [7, 11) is 0. The Morgan fingerprint density at radius 2 is 2.19 bits per heavy atom. The molecule has 1 aromatic rings. The summed E-state index contributed by atoms with van der Waals surface area (Å²) in [5.74, 6) is 0.672. The standard InChI is InChI=1S/C13H16N2O/c14-13-12-6-2-1-4-10(12)8-15(13)11-5-3-7-16-9-11/h1-2,4,6,11,14H,3,5,7-9H2. The van der Waals surface area contributed by atoms with Crippen LogP contribution < -0.4 is 0 Å². The van der Waals surface area contributed by atoms with Crippen molar-refractivity contribution in [1.82, 2.24) is 4.90 Å². The molecule has 84 valence electrons. The Kier molecular flexibility index (Phi) is 2.40. The molecule has 0 amide bonds. The van der Waals surface area contributed by atoms with E-state index < -0.39 is 0 Å². The first kappa shape index (κ1) is 9.85. The maximum absolute atomic E-state index is 8.19. The second kappa shape index (κ2) is 3.91. The molecule has 1 saturated heterocycles. The molecule has 0 saturated carbocycles. The number of fused-ring (bicyclic) bond motifs is 1. The van der Waals surface area contributed by atoms with Crippen molar-refractivity contribution in [3.63, 3.8) is 0 Å². The lowest BCUT2D eigenvalue weighted by molar-refractivity contribution is 0.0411. The summed E-state index contributed by atoms with van der Waals surface area (Å²) in [5, 5.41) is 8.19. The summed E-state index contributed by atoms with van der Waals surface area (Å²) < 4.78 is 5.50. The van der Waals surface area contributed by atoms with Crippen LogP contribution in [0.3, 0.4) is 0 Å². The molecular weight excluding hydrogens is 200 g/mol. The van der Waals surface area contributed by atoms with E-state index in [2.05, 4.69) is 11.0 Å². The van der Waals surface area contributed by atoms with Gasteiger partial charge in [-0.2, -0.15) is 0 Å². The predicted molar refractivity (Wildman–Crippen MR) is 62.7 cm³/mol. The summed E-state index contributed by atoms with van der Waals surface area (Å²) in [5.41, 5.74) is 2.37. The Labute approximate surface area is 95.5 Å². The van der Waals surface area contributed by atoms with E-state index in [-0.39, 0.29) is 0 Å². The average Bonchev–Trinajstić information content (AvgIpc) is 2.69. The van der Waals surface area contributed by atoms with Crippen molar-refractivity contribution in [2.45, 2.75) is 25.4 Å². The van der Waals surface area contributed by atoms with Crippen LogP contribution in [0.15, 0.2) is 24.3 Å². The van der Waals surface area contributed by atoms with E-state index in [4.69, 9.17) is 10.1 Å². The van der Waals surface area contributed by atoms with Crippen LogP contribution >= 0.6 is 0 Å².